The van der Waals surface area contributed by atoms with Crippen LogP contribution in [0.25, 0.3) is 10.9 Å². The lowest BCUT2D eigenvalue weighted by molar-refractivity contribution is 0.625. The van der Waals surface area contributed by atoms with Crippen LogP contribution >= 0.6 is 57.4 Å². The zero-order valence-corrected chi connectivity index (χ0v) is 15.3. The van der Waals surface area contributed by atoms with Gasteiger partial charge in [-0.1, -0.05) is 34.8 Å². The second-order valence-corrected chi connectivity index (χ2v) is 6.15. The van der Waals surface area contributed by atoms with Crippen molar-refractivity contribution >= 4 is 74.0 Å². The highest BCUT2D eigenvalue weighted by molar-refractivity contribution is 14.1. The van der Waals surface area contributed by atoms with Crippen molar-refractivity contribution in [1.82, 2.24) is 19.9 Å². The molecule has 0 atom stereocenters. The second kappa shape index (κ2) is 7.65. The van der Waals surface area contributed by atoms with Gasteiger partial charge in [0.05, 0.1) is 14.6 Å². The molecule has 0 saturated carbocycles. The molecule has 0 bridgehead atoms. The Morgan fingerprint density at radius 3 is 2.13 bits per heavy atom. The second-order valence-electron chi connectivity index (χ2n) is 3.91. The van der Waals surface area contributed by atoms with Crippen LogP contribution < -0.4 is 5.73 Å². The van der Waals surface area contributed by atoms with Gasteiger partial charge in [-0.25, -0.2) is 28.7 Å². The molecule has 120 valence electrons. The average Bonchev–Trinajstić information content (AvgIpc) is 2.54. The molecular formula is C12H5Cl3F2IN5. The molecule has 3 heterocycles. The molecule has 0 amide bonds. The van der Waals surface area contributed by atoms with Crippen molar-refractivity contribution < 1.29 is 8.78 Å². The van der Waals surface area contributed by atoms with E-state index in [1.54, 1.807) is 0 Å². The number of anilines is 1. The van der Waals surface area contributed by atoms with E-state index < -0.39 is 11.6 Å². The van der Waals surface area contributed by atoms with Crippen LogP contribution in [-0.2, 0) is 0 Å². The predicted octanol–water partition coefficient (Wildman–Crippen LogP) is 4.53. The summed E-state index contributed by atoms with van der Waals surface area (Å²) in [5.41, 5.74) is 5.42. The number of fused-ring (bicyclic) bond motifs is 1. The predicted molar refractivity (Wildman–Crippen MR) is 93.6 cm³/mol. The molecule has 0 aliphatic rings. The monoisotopic (exact) mass is 489 g/mol. The fourth-order valence-corrected chi connectivity index (χ4v) is 2.24. The molecule has 0 radical (unpaired) electrons. The highest BCUT2D eigenvalue weighted by Crippen LogP contribution is 2.24. The van der Waals surface area contributed by atoms with Gasteiger partial charge in [-0.05, 0) is 22.6 Å². The van der Waals surface area contributed by atoms with E-state index in [-0.39, 0.29) is 26.7 Å². The maximum Gasteiger partial charge on any atom is 0.186 e. The van der Waals surface area contributed by atoms with E-state index >= 15 is 0 Å². The Morgan fingerprint density at radius 1 is 0.870 bits per heavy atom. The van der Waals surface area contributed by atoms with Gasteiger partial charge in [-0.3, -0.25) is 0 Å². The summed E-state index contributed by atoms with van der Waals surface area (Å²) in [4.78, 5) is 14.5. The lowest BCUT2D eigenvalue weighted by Crippen LogP contribution is -1.96. The van der Waals surface area contributed by atoms with E-state index in [1.807, 2.05) is 22.6 Å². The van der Waals surface area contributed by atoms with E-state index in [0.29, 0.717) is 8.96 Å². The topological polar surface area (TPSA) is 77.6 Å². The summed E-state index contributed by atoms with van der Waals surface area (Å²) in [7, 11) is 0. The van der Waals surface area contributed by atoms with Crippen LogP contribution in [0.2, 0.25) is 15.5 Å². The standard InChI is InChI=1S/C7H2Cl2FN3.C5H3ClFIN2/c8-6-3-1-11-7(9)4(10)5(3)12-2-13-6;6-5-3(7)4(9)2(8)1-10-5/h1-2H;1H,(H2,9,10). The number of hydrogen-bond acceptors (Lipinski definition) is 5. The SMILES string of the molecule is Fc1c(Cl)ncc2c(Cl)ncnc12.Nc1c(I)cnc(Cl)c1F. The molecule has 0 aromatic carbocycles. The van der Waals surface area contributed by atoms with Crippen molar-refractivity contribution in [3.8, 4) is 0 Å². The first-order valence-corrected chi connectivity index (χ1v) is 7.89. The van der Waals surface area contributed by atoms with Gasteiger partial charge < -0.3 is 5.73 Å². The number of nitrogen functional groups attached to an aromatic ring is 1. The van der Waals surface area contributed by atoms with Crippen molar-refractivity contribution in [3.05, 3.63) is 49.4 Å². The molecule has 0 aliphatic heterocycles. The number of hydrogen-bond donors (Lipinski definition) is 1. The van der Waals surface area contributed by atoms with Gasteiger partial charge in [0, 0.05) is 12.4 Å². The van der Waals surface area contributed by atoms with E-state index in [0.717, 1.165) is 0 Å². The summed E-state index contributed by atoms with van der Waals surface area (Å²) in [6.07, 6.45) is 3.93. The quantitative estimate of drug-likeness (QED) is 0.285. The van der Waals surface area contributed by atoms with Crippen LogP contribution in [0.4, 0.5) is 14.5 Å². The number of rotatable bonds is 0. The summed E-state index contributed by atoms with van der Waals surface area (Å²) < 4.78 is 26.5. The maximum absolute atomic E-state index is 13.2. The Labute approximate surface area is 157 Å². The first-order valence-electron chi connectivity index (χ1n) is 5.68. The lowest BCUT2D eigenvalue weighted by Gasteiger charge is -1.99. The van der Waals surface area contributed by atoms with Gasteiger partial charge in [0.25, 0.3) is 0 Å². The molecule has 3 rings (SSSR count). The van der Waals surface area contributed by atoms with Crippen LogP contribution in [0.15, 0.2) is 18.7 Å². The Balaban J connectivity index is 0.000000174. The van der Waals surface area contributed by atoms with Crippen LogP contribution in [0.1, 0.15) is 0 Å². The van der Waals surface area contributed by atoms with Crippen LogP contribution in [-0.4, -0.2) is 19.9 Å². The maximum atomic E-state index is 13.2. The molecule has 0 fully saturated rings. The normalized spacial score (nSPS) is 10.3. The number of nitrogens with two attached hydrogens (primary N) is 1. The summed E-state index contributed by atoms with van der Waals surface area (Å²) in [6.45, 7) is 0. The molecule has 0 aliphatic carbocycles. The number of nitrogens with zero attached hydrogens (tertiary/aromatic N) is 4. The van der Waals surface area contributed by atoms with E-state index in [4.69, 9.17) is 40.5 Å². The van der Waals surface area contributed by atoms with E-state index in [9.17, 15) is 8.78 Å². The summed E-state index contributed by atoms with van der Waals surface area (Å²) in [5.74, 6) is -1.32. The molecular weight excluding hydrogens is 485 g/mol. The summed E-state index contributed by atoms with van der Waals surface area (Å²) in [5, 5.41) is 0.110. The fraction of sp³-hybridized carbons (Fsp3) is 0. The zero-order valence-electron chi connectivity index (χ0n) is 10.9. The number of halogens is 6. The Morgan fingerprint density at radius 2 is 1.48 bits per heavy atom. The molecule has 3 aromatic heterocycles. The summed E-state index contributed by atoms with van der Waals surface area (Å²) in [6, 6.07) is 0. The average molecular weight is 490 g/mol. The fourth-order valence-electron chi connectivity index (χ4n) is 1.39. The molecule has 0 unspecified atom stereocenters. The molecule has 0 saturated heterocycles. The molecule has 0 spiro atoms. The zero-order chi connectivity index (χ0) is 17.1. The lowest BCUT2D eigenvalue weighted by atomic mass is 10.3. The van der Waals surface area contributed by atoms with Gasteiger partial charge in [-0.15, -0.1) is 0 Å². The van der Waals surface area contributed by atoms with Crippen molar-refractivity contribution in [2.75, 3.05) is 5.73 Å². The van der Waals surface area contributed by atoms with Crippen molar-refractivity contribution in [2.24, 2.45) is 0 Å². The third-order valence-corrected chi connectivity index (χ3v) is 4.19. The Hall–Kier alpha value is -1.10. The van der Waals surface area contributed by atoms with Gasteiger partial charge in [0.2, 0.25) is 0 Å². The third-order valence-electron chi connectivity index (χ3n) is 2.50. The van der Waals surface area contributed by atoms with Crippen LogP contribution in [0.3, 0.4) is 0 Å². The third kappa shape index (κ3) is 4.06. The minimum atomic E-state index is -0.677. The Bertz CT molecular complexity index is 854. The number of pyridine rings is 2. The minimum Gasteiger partial charge on any atom is -0.395 e. The van der Waals surface area contributed by atoms with Gasteiger partial charge in [0.15, 0.2) is 21.9 Å². The van der Waals surface area contributed by atoms with E-state index in [1.165, 1.54) is 18.7 Å². The van der Waals surface area contributed by atoms with Gasteiger partial charge in [-0.2, -0.15) is 0 Å². The highest BCUT2D eigenvalue weighted by Gasteiger charge is 2.10. The highest BCUT2D eigenvalue weighted by atomic mass is 127. The first kappa shape index (κ1) is 18.2. The molecule has 11 heteroatoms. The van der Waals surface area contributed by atoms with Gasteiger partial charge >= 0.3 is 0 Å². The number of aromatic nitrogens is 4. The van der Waals surface area contributed by atoms with Crippen molar-refractivity contribution in [3.63, 3.8) is 0 Å². The minimum absolute atomic E-state index is 0.0561. The Kier molecular flexibility index (Phi) is 6.06. The first-order chi connectivity index (χ1) is 10.8. The van der Waals surface area contributed by atoms with E-state index in [2.05, 4.69) is 19.9 Å². The molecule has 3 aromatic rings. The van der Waals surface area contributed by atoms with Crippen LogP contribution in [0.5, 0.6) is 0 Å². The summed E-state index contributed by atoms with van der Waals surface area (Å²) >= 11 is 18.3. The van der Waals surface area contributed by atoms with Crippen molar-refractivity contribution in [1.29, 1.82) is 0 Å². The smallest absolute Gasteiger partial charge is 0.186 e. The molecule has 2 N–H and O–H groups in total. The van der Waals surface area contributed by atoms with Crippen LogP contribution in [0, 0.1) is 15.2 Å². The largest absolute Gasteiger partial charge is 0.395 e. The van der Waals surface area contributed by atoms with Crippen molar-refractivity contribution in [2.45, 2.75) is 0 Å². The molecule has 5 nitrogen and oxygen atoms in total. The van der Waals surface area contributed by atoms with Gasteiger partial charge in [0.1, 0.15) is 17.0 Å². The molecule has 23 heavy (non-hydrogen) atoms.